The van der Waals surface area contributed by atoms with Crippen molar-refractivity contribution >= 4 is 5.71 Å². The molecule has 0 spiro atoms. The molecule has 0 fully saturated rings. The Morgan fingerprint density at radius 2 is 2.00 bits per heavy atom. The molecule has 4 heteroatoms. The standard InChI is InChI=1S/C13H13NO3/c1-16-14-12(11-8-5-9-17-11)13(15)10-6-3-2-4-7-10/h2-9,13,15H,1H3/b14-12-. The molecule has 1 aromatic heterocycles. The molecule has 0 bridgehead atoms. The molecular formula is C13H13NO3. The number of oxime groups is 1. The molecule has 1 atom stereocenters. The molecule has 2 aromatic rings. The molecule has 2 rings (SSSR count). The van der Waals surface area contributed by atoms with Crippen LogP contribution >= 0.6 is 0 Å². The van der Waals surface area contributed by atoms with E-state index in [9.17, 15) is 5.11 Å². The molecule has 0 amide bonds. The molecule has 0 saturated carbocycles. The van der Waals surface area contributed by atoms with Gasteiger partial charge in [0, 0.05) is 0 Å². The van der Waals surface area contributed by atoms with Crippen LogP contribution in [0.4, 0.5) is 0 Å². The summed E-state index contributed by atoms with van der Waals surface area (Å²) in [7, 11) is 1.43. The van der Waals surface area contributed by atoms with Gasteiger partial charge >= 0.3 is 0 Å². The molecule has 0 radical (unpaired) electrons. The number of nitrogens with zero attached hydrogens (tertiary/aromatic N) is 1. The molecule has 0 aliphatic carbocycles. The number of aliphatic hydroxyl groups is 1. The van der Waals surface area contributed by atoms with Gasteiger partial charge in [0.05, 0.1) is 6.26 Å². The van der Waals surface area contributed by atoms with Crippen LogP contribution in [0, 0.1) is 0 Å². The van der Waals surface area contributed by atoms with Crippen molar-refractivity contribution in [3.05, 3.63) is 60.1 Å². The molecule has 4 nitrogen and oxygen atoms in total. The van der Waals surface area contributed by atoms with Gasteiger partial charge in [-0.05, 0) is 17.7 Å². The summed E-state index contributed by atoms with van der Waals surface area (Å²) in [6, 6.07) is 12.7. The fraction of sp³-hybridized carbons (Fsp3) is 0.154. The highest BCUT2D eigenvalue weighted by molar-refractivity contribution is 6.01. The number of hydrogen-bond donors (Lipinski definition) is 1. The van der Waals surface area contributed by atoms with Crippen LogP contribution in [-0.4, -0.2) is 17.9 Å². The number of furan rings is 1. The second-order valence-corrected chi connectivity index (χ2v) is 3.45. The van der Waals surface area contributed by atoms with Crippen LogP contribution in [0.3, 0.4) is 0 Å². The Morgan fingerprint density at radius 1 is 1.24 bits per heavy atom. The molecule has 1 aromatic carbocycles. The van der Waals surface area contributed by atoms with Crippen molar-refractivity contribution in [2.75, 3.05) is 7.11 Å². The highest BCUT2D eigenvalue weighted by Crippen LogP contribution is 2.19. The molecule has 0 aliphatic heterocycles. The summed E-state index contributed by atoms with van der Waals surface area (Å²) in [4.78, 5) is 4.74. The zero-order valence-electron chi connectivity index (χ0n) is 9.41. The third kappa shape index (κ3) is 2.54. The Labute approximate surface area is 99.1 Å². The van der Waals surface area contributed by atoms with Crippen molar-refractivity contribution in [1.82, 2.24) is 0 Å². The smallest absolute Gasteiger partial charge is 0.155 e. The Bertz CT molecular complexity index is 477. The van der Waals surface area contributed by atoms with E-state index in [1.54, 1.807) is 12.1 Å². The number of hydrogen-bond acceptors (Lipinski definition) is 4. The fourth-order valence-electron chi connectivity index (χ4n) is 1.55. The second kappa shape index (κ2) is 5.32. The van der Waals surface area contributed by atoms with Crippen molar-refractivity contribution < 1.29 is 14.4 Å². The van der Waals surface area contributed by atoms with E-state index >= 15 is 0 Å². The van der Waals surface area contributed by atoms with Crippen molar-refractivity contribution in [2.24, 2.45) is 5.16 Å². The van der Waals surface area contributed by atoms with Crippen LogP contribution < -0.4 is 0 Å². The van der Waals surface area contributed by atoms with Crippen molar-refractivity contribution in [3.63, 3.8) is 0 Å². The quantitative estimate of drug-likeness (QED) is 0.649. The van der Waals surface area contributed by atoms with Gasteiger partial charge in [-0.25, -0.2) is 0 Å². The van der Waals surface area contributed by atoms with Crippen LogP contribution in [0.2, 0.25) is 0 Å². The molecule has 17 heavy (non-hydrogen) atoms. The molecule has 0 aliphatic rings. The first kappa shape index (κ1) is 11.4. The number of aliphatic hydroxyl groups excluding tert-OH is 1. The zero-order chi connectivity index (χ0) is 12.1. The summed E-state index contributed by atoms with van der Waals surface area (Å²) >= 11 is 0. The van der Waals surface area contributed by atoms with Crippen LogP contribution in [0.1, 0.15) is 17.4 Å². The average Bonchev–Trinajstić information content (AvgIpc) is 2.90. The van der Waals surface area contributed by atoms with Gasteiger partial charge in [-0.1, -0.05) is 35.5 Å². The van der Waals surface area contributed by atoms with Gasteiger partial charge in [-0.15, -0.1) is 0 Å². The lowest BCUT2D eigenvalue weighted by atomic mass is 10.0. The lowest BCUT2D eigenvalue weighted by molar-refractivity contribution is 0.194. The molecule has 88 valence electrons. The van der Waals surface area contributed by atoms with Crippen LogP contribution in [0.15, 0.2) is 58.3 Å². The van der Waals surface area contributed by atoms with Crippen LogP contribution in [-0.2, 0) is 4.84 Å². The predicted molar refractivity (Wildman–Crippen MR) is 63.7 cm³/mol. The van der Waals surface area contributed by atoms with E-state index in [-0.39, 0.29) is 0 Å². The maximum atomic E-state index is 10.2. The number of rotatable bonds is 4. The first-order valence-electron chi connectivity index (χ1n) is 5.21. The van der Waals surface area contributed by atoms with Crippen molar-refractivity contribution in [2.45, 2.75) is 6.10 Å². The molecule has 1 unspecified atom stereocenters. The number of benzene rings is 1. The van der Waals surface area contributed by atoms with Gasteiger partial charge < -0.3 is 14.4 Å². The summed E-state index contributed by atoms with van der Waals surface area (Å²) in [5.41, 5.74) is 1.09. The summed E-state index contributed by atoms with van der Waals surface area (Å²) in [6.07, 6.45) is 0.653. The molecule has 0 saturated heterocycles. The fourth-order valence-corrected chi connectivity index (χ4v) is 1.55. The average molecular weight is 231 g/mol. The minimum atomic E-state index is -0.873. The summed E-state index contributed by atoms with van der Waals surface area (Å²) in [6.45, 7) is 0. The van der Waals surface area contributed by atoms with E-state index in [0.717, 1.165) is 5.56 Å². The van der Waals surface area contributed by atoms with Crippen molar-refractivity contribution in [1.29, 1.82) is 0 Å². The van der Waals surface area contributed by atoms with E-state index in [1.807, 2.05) is 30.3 Å². The first-order valence-corrected chi connectivity index (χ1v) is 5.21. The van der Waals surface area contributed by atoms with Crippen LogP contribution in [0.5, 0.6) is 0 Å². The minimum absolute atomic E-state index is 0.351. The Balaban J connectivity index is 2.33. The zero-order valence-corrected chi connectivity index (χ0v) is 9.41. The van der Waals surface area contributed by atoms with E-state index < -0.39 is 6.10 Å². The van der Waals surface area contributed by atoms with Crippen LogP contribution in [0.25, 0.3) is 0 Å². The lowest BCUT2D eigenvalue weighted by Gasteiger charge is -2.11. The Hall–Kier alpha value is -2.07. The largest absolute Gasteiger partial charge is 0.463 e. The second-order valence-electron chi connectivity index (χ2n) is 3.45. The van der Waals surface area contributed by atoms with E-state index in [2.05, 4.69) is 5.16 Å². The van der Waals surface area contributed by atoms with Crippen molar-refractivity contribution in [3.8, 4) is 0 Å². The summed E-state index contributed by atoms with van der Waals surface area (Å²) in [5.74, 6) is 0.489. The predicted octanol–water partition coefficient (Wildman–Crippen LogP) is 2.36. The van der Waals surface area contributed by atoms with Gasteiger partial charge in [0.2, 0.25) is 0 Å². The third-order valence-corrected chi connectivity index (χ3v) is 2.34. The highest BCUT2D eigenvalue weighted by Gasteiger charge is 2.20. The Kier molecular flexibility index (Phi) is 3.57. The van der Waals surface area contributed by atoms with E-state index in [1.165, 1.54) is 13.4 Å². The third-order valence-electron chi connectivity index (χ3n) is 2.34. The molecule has 1 heterocycles. The van der Waals surface area contributed by atoms with E-state index in [4.69, 9.17) is 9.25 Å². The van der Waals surface area contributed by atoms with Gasteiger partial charge in [0.25, 0.3) is 0 Å². The Morgan fingerprint density at radius 3 is 2.59 bits per heavy atom. The minimum Gasteiger partial charge on any atom is -0.463 e. The SMILES string of the molecule is CO/N=C(/c1ccco1)C(O)c1ccccc1. The monoisotopic (exact) mass is 231 g/mol. The normalized spacial score (nSPS) is 13.4. The lowest BCUT2D eigenvalue weighted by Crippen LogP contribution is -2.13. The first-order chi connectivity index (χ1) is 8.33. The molecular weight excluding hydrogens is 218 g/mol. The maximum Gasteiger partial charge on any atom is 0.155 e. The topological polar surface area (TPSA) is 55.0 Å². The summed E-state index contributed by atoms with van der Waals surface area (Å²) in [5, 5.41) is 14.0. The van der Waals surface area contributed by atoms with Gasteiger partial charge in [0.1, 0.15) is 13.2 Å². The van der Waals surface area contributed by atoms with Gasteiger partial charge in [-0.3, -0.25) is 0 Å². The van der Waals surface area contributed by atoms with E-state index in [0.29, 0.717) is 11.5 Å². The van der Waals surface area contributed by atoms with Gasteiger partial charge in [-0.2, -0.15) is 0 Å². The summed E-state index contributed by atoms with van der Waals surface area (Å²) < 4.78 is 5.22. The maximum absolute atomic E-state index is 10.2. The highest BCUT2D eigenvalue weighted by atomic mass is 16.6. The molecule has 1 N–H and O–H groups in total. The van der Waals surface area contributed by atoms with Gasteiger partial charge in [0.15, 0.2) is 11.5 Å².